The maximum absolute atomic E-state index is 12.9. The van der Waals surface area contributed by atoms with E-state index in [1.54, 1.807) is 12.1 Å². The molecule has 0 fully saturated rings. The number of carbonyl (C=O) groups excluding carboxylic acids is 1. The van der Waals surface area contributed by atoms with Crippen LogP contribution in [0.5, 0.6) is 0 Å². The first-order valence-corrected chi connectivity index (χ1v) is 3.60. The Morgan fingerprint density at radius 2 is 2.15 bits per heavy atom. The van der Waals surface area contributed by atoms with Gasteiger partial charge >= 0.3 is 0 Å². The van der Waals surface area contributed by atoms with Crippen LogP contribution in [0.1, 0.15) is 5.56 Å². The van der Waals surface area contributed by atoms with Crippen molar-refractivity contribution in [1.82, 2.24) is 5.48 Å². The molecule has 2 N–H and O–H groups in total. The second-order valence-electron chi connectivity index (χ2n) is 2.33. The molecule has 0 aliphatic heterocycles. The van der Waals surface area contributed by atoms with Gasteiger partial charge < -0.3 is 0 Å². The molecule has 68 valence electrons. The third-order valence-corrected chi connectivity index (χ3v) is 1.43. The Bertz CT molecular complexity index is 336. The van der Waals surface area contributed by atoms with Crippen LogP contribution in [0.25, 0.3) is 6.08 Å². The van der Waals surface area contributed by atoms with Gasteiger partial charge in [-0.25, -0.2) is 9.87 Å². The highest BCUT2D eigenvalue weighted by molar-refractivity contribution is 5.90. The summed E-state index contributed by atoms with van der Waals surface area (Å²) in [5.74, 6) is -1.10. The molecular weight excluding hydrogens is 173 g/mol. The van der Waals surface area contributed by atoms with Crippen molar-refractivity contribution >= 4 is 12.0 Å². The minimum absolute atomic E-state index is 0.297. The summed E-state index contributed by atoms with van der Waals surface area (Å²) in [5.41, 5.74) is 1.70. The SMILES string of the molecule is O=C(/C=C/c1ccccc1F)NO. The Labute approximate surface area is 74.5 Å². The van der Waals surface area contributed by atoms with Crippen LogP contribution < -0.4 is 5.48 Å². The second kappa shape index (κ2) is 4.37. The van der Waals surface area contributed by atoms with Crippen molar-refractivity contribution in [3.8, 4) is 0 Å². The van der Waals surface area contributed by atoms with Crippen molar-refractivity contribution < 1.29 is 14.4 Å². The van der Waals surface area contributed by atoms with Gasteiger partial charge in [0.05, 0.1) is 0 Å². The Kier molecular flexibility index (Phi) is 3.16. The van der Waals surface area contributed by atoms with Crippen LogP contribution in [0.15, 0.2) is 30.3 Å². The maximum Gasteiger partial charge on any atom is 0.267 e. The first-order valence-electron chi connectivity index (χ1n) is 3.60. The summed E-state index contributed by atoms with van der Waals surface area (Å²) in [4.78, 5) is 10.5. The standard InChI is InChI=1S/C9H8FNO2/c10-8-4-2-1-3-7(8)5-6-9(12)11-13/h1-6,13H,(H,11,12)/b6-5+. The zero-order valence-corrected chi connectivity index (χ0v) is 6.70. The van der Waals surface area contributed by atoms with E-state index in [0.717, 1.165) is 6.08 Å². The lowest BCUT2D eigenvalue weighted by Gasteiger charge is -1.94. The lowest BCUT2D eigenvalue weighted by atomic mass is 10.2. The van der Waals surface area contributed by atoms with E-state index in [0.29, 0.717) is 5.56 Å². The van der Waals surface area contributed by atoms with E-state index in [2.05, 4.69) is 0 Å². The summed E-state index contributed by atoms with van der Waals surface area (Å²) in [6, 6.07) is 6.02. The van der Waals surface area contributed by atoms with Gasteiger partial charge in [-0.05, 0) is 12.1 Å². The Balaban J connectivity index is 2.80. The van der Waals surface area contributed by atoms with Crippen LogP contribution in [0, 0.1) is 5.82 Å². The Morgan fingerprint density at radius 1 is 1.46 bits per heavy atom. The minimum atomic E-state index is -0.691. The highest BCUT2D eigenvalue weighted by Gasteiger charge is 1.96. The molecular formula is C9H8FNO2. The largest absolute Gasteiger partial charge is 0.288 e. The van der Waals surface area contributed by atoms with Crippen molar-refractivity contribution in [3.05, 3.63) is 41.7 Å². The van der Waals surface area contributed by atoms with Crippen LogP contribution >= 0.6 is 0 Å². The summed E-state index contributed by atoms with van der Waals surface area (Å²) in [5, 5.41) is 8.14. The molecule has 0 bridgehead atoms. The van der Waals surface area contributed by atoms with Crippen LogP contribution in [0.3, 0.4) is 0 Å². The number of carbonyl (C=O) groups is 1. The van der Waals surface area contributed by atoms with Gasteiger partial charge in [0.2, 0.25) is 0 Å². The predicted molar refractivity (Wildman–Crippen MR) is 45.4 cm³/mol. The number of benzene rings is 1. The summed E-state index contributed by atoms with van der Waals surface area (Å²) in [6.07, 6.45) is 2.32. The molecule has 0 aliphatic rings. The molecule has 3 nitrogen and oxygen atoms in total. The van der Waals surface area contributed by atoms with Crippen LogP contribution in [-0.4, -0.2) is 11.1 Å². The smallest absolute Gasteiger partial charge is 0.267 e. The average molecular weight is 181 g/mol. The summed E-state index contributed by atoms with van der Waals surface area (Å²) in [6.45, 7) is 0. The molecule has 13 heavy (non-hydrogen) atoms. The number of hydroxylamine groups is 1. The summed E-state index contributed by atoms with van der Waals surface area (Å²) in [7, 11) is 0. The number of rotatable bonds is 2. The normalized spacial score (nSPS) is 10.3. The number of hydrogen-bond donors (Lipinski definition) is 2. The van der Waals surface area contributed by atoms with Crippen molar-refractivity contribution in [2.24, 2.45) is 0 Å². The van der Waals surface area contributed by atoms with Gasteiger partial charge in [-0.3, -0.25) is 10.0 Å². The van der Waals surface area contributed by atoms with Crippen molar-refractivity contribution in [1.29, 1.82) is 0 Å². The second-order valence-corrected chi connectivity index (χ2v) is 2.33. The Hall–Kier alpha value is -1.68. The van der Waals surface area contributed by atoms with Crippen molar-refractivity contribution in [2.45, 2.75) is 0 Å². The van der Waals surface area contributed by atoms with Crippen LogP contribution in [0.2, 0.25) is 0 Å². The van der Waals surface area contributed by atoms with Gasteiger partial charge in [0, 0.05) is 11.6 Å². The van der Waals surface area contributed by atoms with E-state index in [-0.39, 0.29) is 0 Å². The average Bonchev–Trinajstić information content (AvgIpc) is 2.16. The lowest BCUT2D eigenvalue weighted by Crippen LogP contribution is -2.14. The molecule has 4 heteroatoms. The van der Waals surface area contributed by atoms with Gasteiger partial charge in [0.25, 0.3) is 5.91 Å². The van der Waals surface area contributed by atoms with E-state index in [1.807, 2.05) is 0 Å². The molecule has 0 spiro atoms. The van der Waals surface area contributed by atoms with E-state index >= 15 is 0 Å². The van der Waals surface area contributed by atoms with Gasteiger partial charge in [-0.1, -0.05) is 18.2 Å². The first-order chi connectivity index (χ1) is 6.24. The maximum atomic E-state index is 12.9. The fourth-order valence-electron chi connectivity index (χ4n) is 0.813. The van der Waals surface area contributed by atoms with Gasteiger partial charge in [0.15, 0.2) is 0 Å². The third kappa shape index (κ3) is 2.68. The van der Waals surface area contributed by atoms with E-state index in [9.17, 15) is 9.18 Å². The van der Waals surface area contributed by atoms with E-state index < -0.39 is 11.7 Å². The van der Waals surface area contributed by atoms with Crippen LogP contribution in [-0.2, 0) is 4.79 Å². The number of halogens is 1. The summed E-state index contributed by atoms with van der Waals surface area (Å²) >= 11 is 0. The molecule has 1 aromatic carbocycles. The predicted octanol–water partition coefficient (Wildman–Crippen LogP) is 1.34. The summed E-state index contributed by atoms with van der Waals surface area (Å²) < 4.78 is 12.9. The van der Waals surface area contributed by atoms with Crippen molar-refractivity contribution in [3.63, 3.8) is 0 Å². The monoisotopic (exact) mass is 181 g/mol. The Morgan fingerprint density at radius 3 is 2.77 bits per heavy atom. The molecule has 1 aromatic rings. The molecule has 0 radical (unpaired) electrons. The number of amides is 1. The molecule has 0 atom stereocenters. The lowest BCUT2D eigenvalue weighted by molar-refractivity contribution is -0.124. The zero-order valence-electron chi connectivity index (χ0n) is 6.70. The quantitative estimate of drug-likeness (QED) is 0.411. The van der Waals surface area contributed by atoms with E-state index in [1.165, 1.54) is 23.7 Å². The topological polar surface area (TPSA) is 49.3 Å². The third-order valence-electron chi connectivity index (χ3n) is 1.43. The van der Waals surface area contributed by atoms with Gasteiger partial charge in [-0.15, -0.1) is 0 Å². The van der Waals surface area contributed by atoms with Crippen LogP contribution in [0.4, 0.5) is 4.39 Å². The molecule has 1 rings (SSSR count). The molecule has 0 heterocycles. The van der Waals surface area contributed by atoms with Crippen molar-refractivity contribution in [2.75, 3.05) is 0 Å². The number of hydrogen-bond acceptors (Lipinski definition) is 2. The highest BCUT2D eigenvalue weighted by atomic mass is 19.1. The van der Waals surface area contributed by atoms with Gasteiger partial charge in [-0.2, -0.15) is 0 Å². The van der Waals surface area contributed by atoms with Gasteiger partial charge in [0.1, 0.15) is 5.82 Å². The minimum Gasteiger partial charge on any atom is -0.288 e. The molecule has 0 saturated heterocycles. The van der Waals surface area contributed by atoms with E-state index in [4.69, 9.17) is 5.21 Å². The fraction of sp³-hybridized carbons (Fsp3) is 0. The fourth-order valence-corrected chi connectivity index (χ4v) is 0.813. The zero-order chi connectivity index (χ0) is 9.68. The molecule has 0 aliphatic carbocycles. The first kappa shape index (κ1) is 9.41. The molecule has 1 amide bonds. The molecule has 0 aromatic heterocycles. The highest BCUT2D eigenvalue weighted by Crippen LogP contribution is 2.07. The molecule has 0 saturated carbocycles. The number of nitrogens with one attached hydrogen (secondary N) is 1. The molecule has 0 unspecified atom stereocenters.